The van der Waals surface area contributed by atoms with Crippen molar-refractivity contribution in [3.8, 4) is 5.75 Å². The lowest BCUT2D eigenvalue weighted by atomic mass is 10.2. The molecule has 0 heterocycles. The molecule has 0 spiro atoms. The first-order valence-corrected chi connectivity index (χ1v) is 5.44. The summed E-state index contributed by atoms with van der Waals surface area (Å²) in [7, 11) is 0. The van der Waals surface area contributed by atoms with Crippen molar-refractivity contribution in [1.29, 1.82) is 0 Å². The minimum absolute atomic E-state index is 0.212. The zero-order valence-corrected chi connectivity index (χ0v) is 8.71. The number of aromatic carboxylic acids is 1. The Labute approximate surface area is 87.1 Å². The van der Waals surface area contributed by atoms with Crippen LogP contribution in [0.2, 0.25) is 0 Å². The Morgan fingerprint density at radius 1 is 1.50 bits per heavy atom. The average molecular weight is 212 g/mol. The molecule has 0 radical (unpaired) electrons. The molecule has 14 heavy (non-hydrogen) atoms. The predicted molar refractivity (Wildman–Crippen MR) is 57.0 cm³/mol. The SMILES string of the molecule is CCSCOc1ccccc1C(=O)O. The molecule has 0 aliphatic heterocycles. The Morgan fingerprint density at radius 3 is 2.86 bits per heavy atom. The summed E-state index contributed by atoms with van der Waals surface area (Å²) in [6.45, 7) is 2.02. The summed E-state index contributed by atoms with van der Waals surface area (Å²) in [6, 6.07) is 6.65. The van der Waals surface area contributed by atoms with Gasteiger partial charge in [0.1, 0.15) is 17.3 Å². The van der Waals surface area contributed by atoms with Gasteiger partial charge in [-0.05, 0) is 17.9 Å². The van der Waals surface area contributed by atoms with Gasteiger partial charge in [0.05, 0.1) is 0 Å². The van der Waals surface area contributed by atoms with Gasteiger partial charge in [-0.1, -0.05) is 19.1 Å². The van der Waals surface area contributed by atoms with Crippen LogP contribution < -0.4 is 4.74 Å². The highest BCUT2D eigenvalue weighted by atomic mass is 32.2. The largest absolute Gasteiger partial charge is 0.482 e. The molecule has 1 aromatic rings. The number of benzene rings is 1. The highest BCUT2D eigenvalue weighted by Crippen LogP contribution is 2.18. The van der Waals surface area contributed by atoms with E-state index in [-0.39, 0.29) is 5.56 Å². The predicted octanol–water partition coefficient (Wildman–Crippen LogP) is 2.47. The Kier molecular flexibility index (Phi) is 4.32. The van der Waals surface area contributed by atoms with Crippen LogP contribution in [0, 0.1) is 0 Å². The van der Waals surface area contributed by atoms with Crippen LogP contribution in [0.3, 0.4) is 0 Å². The lowest BCUT2D eigenvalue weighted by Crippen LogP contribution is -2.02. The lowest BCUT2D eigenvalue weighted by molar-refractivity contribution is 0.0693. The molecule has 0 atom stereocenters. The molecule has 0 saturated heterocycles. The standard InChI is InChI=1S/C10H12O3S/c1-2-14-7-13-9-6-4-3-5-8(9)10(11)12/h3-6H,2,7H2,1H3,(H,11,12). The Morgan fingerprint density at radius 2 is 2.21 bits per heavy atom. The van der Waals surface area contributed by atoms with Crippen LogP contribution in [0.25, 0.3) is 0 Å². The van der Waals surface area contributed by atoms with E-state index >= 15 is 0 Å². The highest BCUT2D eigenvalue weighted by Gasteiger charge is 2.09. The Bertz CT molecular complexity index is 312. The fourth-order valence-corrected chi connectivity index (χ4v) is 1.33. The third-order valence-corrected chi connectivity index (χ3v) is 2.31. The van der Waals surface area contributed by atoms with Gasteiger partial charge in [-0.25, -0.2) is 4.79 Å². The lowest BCUT2D eigenvalue weighted by Gasteiger charge is -2.07. The van der Waals surface area contributed by atoms with E-state index in [1.807, 2.05) is 6.92 Å². The molecule has 1 rings (SSSR count). The maximum absolute atomic E-state index is 10.8. The van der Waals surface area contributed by atoms with Gasteiger partial charge in [0.15, 0.2) is 0 Å². The van der Waals surface area contributed by atoms with Crippen molar-refractivity contribution in [2.24, 2.45) is 0 Å². The fraction of sp³-hybridized carbons (Fsp3) is 0.300. The molecule has 0 aromatic heterocycles. The summed E-state index contributed by atoms with van der Waals surface area (Å²) in [6.07, 6.45) is 0. The van der Waals surface area contributed by atoms with Gasteiger partial charge in [0.25, 0.3) is 0 Å². The number of hydrogen-bond donors (Lipinski definition) is 1. The van der Waals surface area contributed by atoms with Gasteiger partial charge in [-0.15, -0.1) is 11.8 Å². The van der Waals surface area contributed by atoms with Crippen molar-refractivity contribution >= 4 is 17.7 Å². The van der Waals surface area contributed by atoms with E-state index in [4.69, 9.17) is 9.84 Å². The number of hydrogen-bond acceptors (Lipinski definition) is 3. The highest BCUT2D eigenvalue weighted by molar-refractivity contribution is 7.99. The summed E-state index contributed by atoms with van der Waals surface area (Å²) in [5.41, 5.74) is 0.212. The van der Waals surface area contributed by atoms with Crippen LogP contribution in [0.4, 0.5) is 0 Å². The number of thioether (sulfide) groups is 1. The summed E-state index contributed by atoms with van der Waals surface area (Å²) < 4.78 is 5.32. The zero-order chi connectivity index (χ0) is 10.4. The normalized spacial score (nSPS) is 9.79. The van der Waals surface area contributed by atoms with Crippen molar-refractivity contribution in [3.63, 3.8) is 0 Å². The van der Waals surface area contributed by atoms with Crippen molar-refractivity contribution in [3.05, 3.63) is 29.8 Å². The first kappa shape index (κ1) is 10.9. The summed E-state index contributed by atoms with van der Waals surface area (Å²) in [5, 5.41) is 8.84. The number of rotatable bonds is 5. The molecule has 0 saturated carbocycles. The second-order valence-corrected chi connectivity index (χ2v) is 3.78. The van der Waals surface area contributed by atoms with Crippen molar-refractivity contribution < 1.29 is 14.6 Å². The van der Waals surface area contributed by atoms with Crippen LogP contribution >= 0.6 is 11.8 Å². The van der Waals surface area contributed by atoms with Crippen LogP contribution in [-0.4, -0.2) is 22.8 Å². The van der Waals surface area contributed by atoms with Crippen molar-refractivity contribution in [1.82, 2.24) is 0 Å². The third kappa shape index (κ3) is 2.96. The smallest absolute Gasteiger partial charge is 0.339 e. The average Bonchev–Trinajstić information content (AvgIpc) is 2.19. The maximum atomic E-state index is 10.8. The van der Waals surface area contributed by atoms with Gasteiger partial charge in [0, 0.05) is 0 Å². The monoisotopic (exact) mass is 212 g/mol. The molecule has 0 bridgehead atoms. The summed E-state index contributed by atoms with van der Waals surface area (Å²) >= 11 is 1.61. The molecule has 3 nitrogen and oxygen atoms in total. The van der Waals surface area contributed by atoms with E-state index < -0.39 is 5.97 Å². The summed E-state index contributed by atoms with van der Waals surface area (Å²) in [5.74, 6) is 0.916. The number of carboxylic acid groups (broad SMARTS) is 1. The van der Waals surface area contributed by atoms with E-state index in [0.717, 1.165) is 5.75 Å². The first-order chi connectivity index (χ1) is 6.75. The fourth-order valence-electron chi connectivity index (χ4n) is 0.958. The minimum atomic E-state index is -0.956. The third-order valence-electron chi connectivity index (χ3n) is 1.62. The van der Waals surface area contributed by atoms with Crippen LogP contribution in [0.1, 0.15) is 17.3 Å². The molecule has 0 aliphatic rings. The molecular formula is C10H12O3S. The first-order valence-electron chi connectivity index (χ1n) is 4.28. The Hall–Kier alpha value is -1.16. The number of carbonyl (C=O) groups is 1. The van der Waals surface area contributed by atoms with Gasteiger partial charge in [-0.3, -0.25) is 0 Å². The molecule has 1 aromatic carbocycles. The van der Waals surface area contributed by atoms with E-state index in [1.165, 1.54) is 6.07 Å². The number of ether oxygens (including phenoxy) is 1. The second-order valence-electron chi connectivity index (χ2n) is 2.56. The van der Waals surface area contributed by atoms with Gasteiger partial charge < -0.3 is 9.84 Å². The molecule has 0 unspecified atom stereocenters. The molecular weight excluding hydrogens is 200 g/mol. The molecule has 4 heteroatoms. The van der Waals surface area contributed by atoms with Crippen LogP contribution in [0.15, 0.2) is 24.3 Å². The van der Waals surface area contributed by atoms with Crippen LogP contribution in [-0.2, 0) is 0 Å². The second kappa shape index (κ2) is 5.54. The zero-order valence-electron chi connectivity index (χ0n) is 7.90. The van der Waals surface area contributed by atoms with Crippen molar-refractivity contribution in [2.45, 2.75) is 6.92 Å². The topological polar surface area (TPSA) is 46.5 Å². The maximum Gasteiger partial charge on any atom is 0.339 e. The molecule has 1 N–H and O–H groups in total. The number of para-hydroxylation sites is 1. The van der Waals surface area contributed by atoms with Crippen LogP contribution in [0.5, 0.6) is 5.75 Å². The molecule has 0 fully saturated rings. The number of carboxylic acids is 1. The van der Waals surface area contributed by atoms with Crippen molar-refractivity contribution in [2.75, 3.05) is 11.7 Å². The minimum Gasteiger partial charge on any atom is -0.482 e. The molecule has 0 amide bonds. The van der Waals surface area contributed by atoms with E-state index in [0.29, 0.717) is 11.7 Å². The van der Waals surface area contributed by atoms with Gasteiger partial charge in [-0.2, -0.15) is 0 Å². The van der Waals surface area contributed by atoms with E-state index in [9.17, 15) is 4.79 Å². The molecule has 0 aliphatic carbocycles. The quantitative estimate of drug-likeness (QED) is 0.601. The van der Waals surface area contributed by atoms with Gasteiger partial charge >= 0.3 is 5.97 Å². The Balaban J connectivity index is 2.69. The molecule has 76 valence electrons. The van der Waals surface area contributed by atoms with E-state index in [2.05, 4.69) is 0 Å². The van der Waals surface area contributed by atoms with Gasteiger partial charge in [0.2, 0.25) is 0 Å². The summed E-state index contributed by atoms with van der Waals surface area (Å²) in [4.78, 5) is 10.8. The van der Waals surface area contributed by atoms with E-state index in [1.54, 1.807) is 30.0 Å².